The lowest BCUT2D eigenvalue weighted by atomic mass is 10.2. The average molecular weight is 523 g/mol. The zero-order valence-corrected chi connectivity index (χ0v) is 20.4. The maximum absolute atomic E-state index is 12.3. The van der Waals surface area contributed by atoms with Crippen molar-refractivity contribution in [3.63, 3.8) is 0 Å². The monoisotopic (exact) mass is 522 g/mol. The molecule has 1 aromatic heterocycles. The fourth-order valence-corrected chi connectivity index (χ4v) is 4.48. The van der Waals surface area contributed by atoms with E-state index in [1.165, 1.54) is 42.2 Å². The Bertz CT molecular complexity index is 1470. The predicted octanol–water partition coefficient (Wildman–Crippen LogP) is 5.15. The number of aromatic hydroxyl groups is 1. The minimum Gasteiger partial charge on any atom is -0.507 e. The Morgan fingerprint density at radius 1 is 1.19 bits per heavy atom. The molecule has 0 saturated heterocycles. The number of para-hydroxylation sites is 1. The molecule has 2 N–H and O–H groups in total. The molecule has 12 heteroatoms. The molecule has 36 heavy (non-hydrogen) atoms. The molecule has 0 unspecified atom stereocenters. The number of halogens is 1. The van der Waals surface area contributed by atoms with E-state index < -0.39 is 10.8 Å². The zero-order chi connectivity index (χ0) is 25.7. The Morgan fingerprint density at radius 2 is 2.00 bits per heavy atom. The molecule has 0 fully saturated rings. The van der Waals surface area contributed by atoms with Crippen LogP contribution in [0.5, 0.6) is 5.75 Å². The Balaban J connectivity index is 1.63. The number of carbonyl (C=O) groups excluding carboxylic acids is 1. The van der Waals surface area contributed by atoms with Gasteiger partial charge in [-0.3, -0.25) is 14.9 Å². The van der Waals surface area contributed by atoms with Crippen LogP contribution in [0.1, 0.15) is 22.8 Å². The smallest absolute Gasteiger partial charge is 0.275 e. The summed E-state index contributed by atoms with van der Waals surface area (Å²) >= 11 is 7.38. The number of phenolic OH excluding ortho intramolecular Hbond substituents is 1. The van der Waals surface area contributed by atoms with Crippen molar-refractivity contribution in [3.8, 4) is 17.1 Å². The Morgan fingerprint density at radius 3 is 2.72 bits per heavy atom. The molecule has 182 valence electrons. The molecule has 0 atom stereocenters. The minimum absolute atomic E-state index is 0.0490. The molecular weight excluding hydrogens is 504 g/mol. The lowest BCUT2D eigenvalue weighted by molar-refractivity contribution is -0.384. The summed E-state index contributed by atoms with van der Waals surface area (Å²) in [4.78, 5) is 23.8. The van der Waals surface area contributed by atoms with E-state index in [-0.39, 0.29) is 17.0 Å². The molecule has 0 spiro atoms. The Kier molecular flexibility index (Phi) is 7.62. The standard InChI is InChI=1S/C24H19ClN6O4S/c1-2-30-22(15-6-5-7-17(25)12-15)27-29-24(30)36-21-11-10-18(31(34)35)13-16(21)14-26-28-23(33)19-8-3-4-9-20(19)32/h3-14,32H,2H2,1H3,(H,28,33)/b26-14-. The van der Waals surface area contributed by atoms with Gasteiger partial charge in [0, 0.05) is 39.7 Å². The van der Waals surface area contributed by atoms with Crippen LogP contribution in [0.3, 0.4) is 0 Å². The SMILES string of the molecule is CCn1c(Sc2ccc([N+](=O)[O-])cc2/C=N\NC(=O)c2ccccc2O)nnc1-c1cccc(Cl)c1. The van der Waals surface area contributed by atoms with E-state index in [0.29, 0.717) is 33.0 Å². The number of carbonyl (C=O) groups is 1. The van der Waals surface area contributed by atoms with Gasteiger partial charge in [-0.25, -0.2) is 5.43 Å². The lowest BCUT2D eigenvalue weighted by Crippen LogP contribution is -2.17. The van der Waals surface area contributed by atoms with Crippen molar-refractivity contribution in [1.29, 1.82) is 0 Å². The van der Waals surface area contributed by atoms with Gasteiger partial charge in [-0.05, 0) is 49.0 Å². The van der Waals surface area contributed by atoms with Gasteiger partial charge in [0.1, 0.15) is 5.75 Å². The molecule has 0 aliphatic heterocycles. The number of nitro groups is 1. The molecular formula is C24H19ClN6O4S. The number of non-ortho nitro benzene ring substituents is 1. The molecule has 1 heterocycles. The second kappa shape index (κ2) is 11.0. The topological polar surface area (TPSA) is 136 Å². The van der Waals surface area contributed by atoms with Crippen LogP contribution >= 0.6 is 23.4 Å². The Hall–Kier alpha value is -4.22. The quantitative estimate of drug-likeness (QED) is 0.185. The number of hydrazone groups is 1. The third-order valence-electron chi connectivity index (χ3n) is 5.04. The first kappa shape index (κ1) is 24.9. The summed E-state index contributed by atoms with van der Waals surface area (Å²) in [5.41, 5.74) is 3.44. The third kappa shape index (κ3) is 5.53. The van der Waals surface area contributed by atoms with Gasteiger partial charge >= 0.3 is 0 Å². The van der Waals surface area contributed by atoms with Crippen molar-refractivity contribution < 1.29 is 14.8 Å². The zero-order valence-electron chi connectivity index (χ0n) is 18.8. The van der Waals surface area contributed by atoms with Gasteiger partial charge in [0.25, 0.3) is 11.6 Å². The van der Waals surface area contributed by atoms with E-state index in [2.05, 4.69) is 20.7 Å². The second-order valence-electron chi connectivity index (χ2n) is 7.36. The van der Waals surface area contributed by atoms with Crippen LogP contribution in [0, 0.1) is 10.1 Å². The van der Waals surface area contributed by atoms with Crippen molar-refractivity contribution >= 4 is 41.2 Å². The van der Waals surface area contributed by atoms with Crippen molar-refractivity contribution in [2.75, 3.05) is 0 Å². The van der Waals surface area contributed by atoms with Gasteiger partial charge in [0.2, 0.25) is 0 Å². The number of nitro benzene ring substituents is 1. The number of benzene rings is 3. The fraction of sp³-hybridized carbons (Fsp3) is 0.0833. The highest BCUT2D eigenvalue weighted by Gasteiger charge is 2.17. The van der Waals surface area contributed by atoms with E-state index in [0.717, 1.165) is 5.56 Å². The number of nitrogens with zero attached hydrogens (tertiary/aromatic N) is 5. The van der Waals surface area contributed by atoms with Crippen LogP contribution in [0.4, 0.5) is 5.69 Å². The Labute approximate surface area is 214 Å². The van der Waals surface area contributed by atoms with Crippen molar-refractivity contribution in [1.82, 2.24) is 20.2 Å². The predicted molar refractivity (Wildman–Crippen MR) is 137 cm³/mol. The third-order valence-corrected chi connectivity index (χ3v) is 6.35. The lowest BCUT2D eigenvalue weighted by Gasteiger charge is -2.09. The number of phenols is 1. The molecule has 3 aromatic carbocycles. The molecule has 0 aliphatic carbocycles. The van der Waals surface area contributed by atoms with Crippen LogP contribution in [0.25, 0.3) is 11.4 Å². The van der Waals surface area contributed by atoms with Crippen LogP contribution in [-0.4, -0.2) is 36.9 Å². The number of nitrogens with one attached hydrogen (secondary N) is 1. The molecule has 0 aliphatic rings. The van der Waals surface area contributed by atoms with Crippen LogP contribution < -0.4 is 5.43 Å². The number of hydrogen-bond donors (Lipinski definition) is 2. The van der Waals surface area contributed by atoms with Crippen LogP contribution in [-0.2, 0) is 6.54 Å². The van der Waals surface area contributed by atoms with Crippen LogP contribution in [0.2, 0.25) is 5.02 Å². The molecule has 0 bridgehead atoms. The fourth-order valence-electron chi connectivity index (χ4n) is 3.32. The first-order valence-corrected chi connectivity index (χ1v) is 11.8. The summed E-state index contributed by atoms with van der Waals surface area (Å²) in [5, 5.41) is 34.9. The summed E-state index contributed by atoms with van der Waals surface area (Å²) in [6.45, 7) is 2.53. The highest BCUT2D eigenvalue weighted by Crippen LogP contribution is 2.33. The van der Waals surface area contributed by atoms with E-state index in [1.54, 1.807) is 30.3 Å². The van der Waals surface area contributed by atoms with E-state index in [1.807, 2.05) is 23.6 Å². The summed E-state index contributed by atoms with van der Waals surface area (Å²) < 4.78 is 1.90. The molecule has 1 amide bonds. The molecule has 0 radical (unpaired) electrons. The summed E-state index contributed by atoms with van der Waals surface area (Å²) in [7, 11) is 0. The van der Waals surface area contributed by atoms with Crippen molar-refractivity contribution in [3.05, 3.63) is 93.0 Å². The first-order valence-electron chi connectivity index (χ1n) is 10.6. The minimum atomic E-state index is -0.624. The number of aromatic nitrogens is 3. The van der Waals surface area contributed by atoms with Crippen molar-refractivity contribution in [2.45, 2.75) is 23.5 Å². The average Bonchev–Trinajstić information content (AvgIpc) is 3.27. The molecule has 10 nitrogen and oxygen atoms in total. The number of hydrogen-bond acceptors (Lipinski definition) is 8. The van der Waals surface area contributed by atoms with Gasteiger partial charge in [-0.15, -0.1) is 10.2 Å². The maximum atomic E-state index is 12.3. The highest BCUT2D eigenvalue weighted by atomic mass is 35.5. The summed E-state index contributed by atoms with van der Waals surface area (Å²) in [5.74, 6) is -0.179. The van der Waals surface area contributed by atoms with Gasteiger partial charge < -0.3 is 9.67 Å². The van der Waals surface area contributed by atoms with Gasteiger partial charge in [-0.1, -0.05) is 35.9 Å². The second-order valence-corrected chi connectivity index (χ2v) is 8.80. The number of amides is 1. The highest BCUT2D eigenvalue weighted by molar-refractivity contribution is 7.99. The van der Waals surface area contributed by atoms with Crippen LogP contribution in [0.15, 0.2) is 81.9 Å². The van der Waals surface area contributed by atoms with Gasteiger partial charge in [-0.2, -0.15) is 5.10 Å². The molecule has 4 rings (SSSR count). The summed E-state index contributed by atoms with van der Waals surface area (Å²) in [6.07, 6.45) is 1.30. The largest absolute Gasteiger partial charge is 0.507 e. The van der Waals surface area contributed by atoms with Crippen molar-refractivity contribution in [2.24, 2.45) is 5.10 Å². The maximum Gasteiger partial charge on any atom is 0.275 e. The van der Waals surface area contributed by atoms with E-state index >= 15 is 0 Å². The van der Waals surface area contributed by atoms with Gasteiger partial charge in [0.05, 0.1) is 16.7 Å². The first-order chi connectivity index (χ1) is 17.4. The van der Waals surface area contributed by atoms with Gasteiger partial charge in [0.15, 0.2) is 11.0 Å². The molecule has 4 aromatic rings. The van der Waals surface area contributed by atoms with E-state index in [9.17, 15) is 20.0 Å². The number of rotatable bonds is 8. The summed E-state index contributed by atoms with van der Waals surface area (Å²) in [6, 6.07) is 17.6. The molecule has 0 saturated carbocycles. The van der Waals surface area contributed by atoms with E-state index in [4.69, 9.17) is 11.6 Å². The normalized spacial score (nSPS) is 11.1.